The summed E-state index contributed by atoms with van der Waals surface area (Å²) in [5, 5.41) is 5.57. The molecular formula is C23H27ClN2O4. The Morgan fingerprint density at radius 2 is 1.70 bits per heavy atom. The highest BCUT2D eigenvalue weighted by atomic mass is 35.5. The third kappa shape index (κ3) is 6.88. The summed E-state index contributed by atoms with van der Waals surface area (Å²) in [6.07, 6.45) is -0.736. The Balaban J connectivity index is 2.13. The van der Waals surface area contributed by atoms with Gasteiger partial charge >= 0.3 is 6.09 Å². The van der Waals surface area contributed by atoms with E-state index < -0.39 is 23.6 Å². The Bertz CT molecular complexity index is 933. The van der Waals surface area contributed by atoms with E-state index >= 15 is 0 Å². The zero-order valence-corrected chi connectivity index (χ0v) is 18.6. The molecule has 6 nitrogen and oxygen atoms in total. The van der Waals surface area contributed by atoms with Gasteiger partial charge in [0.05, 0.1) is 16.6 Å². The number of ketones is 1. The van der Waals surface area contributed by atoms with E-state index in [0.29, 0.717) is 11.3 Å². The molecule has 1 atom stereocenters. The lowest BCUT2D eigenvalue weighted by atomic mass is 9.99. The van der Waals surface area contributed by atoms with E-state index in [1.807, 2.05) is 19.1 Å². The molecule has 7 heteroatoms. The molecule has 0 aromatic heterocycles. The van der Waals surface area contributed by atoms with Gasteiger partial charge in [0.1, 0.15) is 5.60 Å². The second-order valence-electron chi connectivity index (χ2n) is 8.11. The van der Waals surface area contributed by atoms with Crippen LogP contribution in [0.5, 0.6) is 0 Å². The number of anilines is 1. The molecular weight excluding hydrogens is 404 g/mol. The number of carbonyl (C=O) groups is 3. The Morgan fingerprint density at radius 3 is 2.30 bits per heavy atom. The molecule has 2 aromatic rings. The number of ether oxygens (including phenoxy) is 1. The number of benzene rings is 2. The third-order valence-corrected chi connectivity index (χ3v) is 4.53. The van der Waals surface area contributed by atoms with Gasteiger partial charge in [-0.1, -0.05) is 41.4 Å². The number of alkyl carbamates (subject to hydrolysis) is 1. The summed E-state index contributed by atoms with van der Waals surface area (Å²) in [7, 11) is 0. The zero-order valence-electron chi connectivity index (χ0n) is 17.8. The summed E-state index contributed by atoms with van der Waals surface area (Å²) in [5.41, 5.74) is 1.75. The molecule has 2 rings (SSSR count). The van der Waals surface area contributed by atoms with E-state index in [4.69, 9.17) is 16.3 Å². The standard InChI is InChI=1S/C23H27ClN2O4/c1-14-9-11-17(12-10-14)26-21(28)20-16(7-6-8-18(20)24)13-19(27)15(2)25-22(29)30-23(3,4)5/h6-12,15H,13H2,1-5H3,(H,25,29)(H,26,28). The van der Waals surface area contributed by atoms with Crippen molar-refractivity contribution >= 4 is 35.1 Å². The van der Waals surface area contributed by atoms with E-state index in [-0.39, 0.29) is 22.8 Å². The van der Waals surface area contributed by atoms with Crippen LogP contribution in [0.15, 0.2) is 42.5 Å². The van der Waals surface area contributed by atoms with Crippen molar-refractivity contribution < 1.29 is 19.1 Å². The maximum Gasteiger partial charge on any atom is 0.408 e. The minimum Gasteiger partial charge on any atom is -0.444 e. The number of carbonyl (C=O) groups excluding carboxylic acids is 3. The van der Waals surface area contributed by atoms with Crippen molar-refractivity contribution in [2.75, 3.05) is 5.32 Å². The lowest BCUT2D eigenvalue weighted by Crippen LogP contribution is -2.42. The fraction of sp³-hybridized carbons (Fsp3) is 0.348. The number of hydrogen-bond acceptors (Lipinski definition) is 4. The van der Waals surface area contributed by atoms with Crippen molar-refractivity contribution in [2.45, 2.75) is 52.7 Å². The average molecular weight is 431 g/mol. The highest BCUT2D eigenvalue weighted by molar-refractivity contribution is 6.34. The molecule has 1 unspecified atom stereocenters. The number of amides is 2. The first kappa shape index (κ1) is 23.4. The molecule has 0 saturated carbocycles. The van der Waals surface area contributed by atoms with Crippen LogP contribution in [0, 0.1) is 6.92 Å². The SMILES string of the molecule is Cc1ccc(NC(=O)c2c(Cl)cccc2CC(=O)C(C)NC(=O)OC(C)(C)C)cc1. The Labute approximate surface area is 182 Å². The second kappa shape index (κ2) is 9.76. The first-order valence-corrected chi connectivity index (χ1v) is 10.0. The molecule has 2 aromatic carbocycles. The van der Waals surface area contributed by atoms with Gasteiger partial charge in [-0.15, -0.1) is 0 Å². The van der Waals surface area contributed by atoms with Crippen LogP contribution in [0.2, 0.25) is 5.02 Å². The molecule has 0 saturated heterocycles. The summed E-state index contributed by atoms with van der Waals surface area (Å²) in [6.45, 7) is 8.75. The summed E-state index contributed by atoms with van der Waals surface area (Å²) in [5.74, 6) is -0.674. The Kier molecular flexibility index (Phi) is 7.62. The van der Waals surface area contributed by atoms with Crippen molar-refractivity contribution in [3.63, 3.8) is 0 Å². The highest BCUT2D eigenvalue weighted by Gasteiger charge is 2.23. The summed E-state index contributed by atoms with van der Waals surface area (Å²) in [6, 6.07) is 11.5. The smallest absolute Gasteiger partial charge is 0.408 e. The largest absolute Gasteiger partial charge is 0.444 e. The maximum absolute atomic E-state index is 12.8. The third-order valence-electron chi connectivity index (χ3n) is 4.22. The van der Waals surface area contributed by atoms with E-state index in [1.165, 1.54) is 0 Å². The van der Waals surface area contributed by atoms with Crippen LogP contribution in [0.4, 0.5) is 10.5 Å². The van der Waals surface area contributed by atoms with Crippen molar-refractivity contribution in [1.29, 1.82) is 0 Å². The van der Waals surface area contributed by atoms with Crippen molar-refractivity contribution in [1.82, 2.24) is 5.32 Å². The van der Waals surface area contributed by atoms with Crippen LogP contribution in [-0.4, -0.2) is 29.4 Å². The minimum absolute atomic E-state index is 0.0613. The predicted molar refractivity (Wildman–Crippen MR) is 118 cm³/mol. The fourth-order valence-electron chi connectivity index (χ4n) is 2.71. The van der Waals surface area contributed by atoms with Gasteiger partial charge in [0.15, 0.2) is 5.78 Å². The van der Waals surface area contributed by atoms with Gasteiger partial charge in [0.2, 0.25) is 0 Å². The van der Waals surface area contributed by atoms with Crippen molar-refractivity contribution in [2.24, 2.45) is 0 Å². The van der Waals surface area contributed by atoms with Crippen LogP contribution in [-0.2, 0) is 16.0 Å². The minimum atomic E-state index is -0.785. The highest BCUT2D eigenvalue weighted by Crippen LogP contribution is 2.23. The van der Waals surface area contributed by atoms with Crippen LogP contribution in [0.25, 0.3) is 0 Å². The lowest BCUT2D eigenvalue weighted by Gasteiger charge is -2.21. The maximum atomic E-state index is 12.8. The van der Waals surface area contributed by atoms with Gasteiger partial charge in [0, 0.05) is 12.1 Å². The number of rotatable bonds is 6. The number of aryl methyl sites for hydroxylation is 1. The Hall–Kier alpha value is -2.86. The van der Waals surface area contributed by atoms with Gasteiger partial charge in [-0.2, -0.15) is 0 Å². The molecule has 2 N–H and O–H groups in total. The molecule has 0 fully saturated rings. The molecule has 0 heterocycles. The molecule has 0 aliphatic heterocycles. The number of hydrogen-bond donors (Lipinski definition) is 2. The molecule has 2 amide bonds. The number of nitrogens with one attached hydrogen (secondary N) is 2. The molecule has 30 heavy (non-hydrogen) atoms. The molecule has 0 radical (unpaired) electrons. The monoisotopic (exact) mass is 430 g/mol. The van der Waals surface area contributed by atoms with E-state index in [2.05, 4.69) is 10.6 Å². The fourth-order valence-corrected chi connectivity index (χ4v) is 2.99. The van der Waals surface area contributed by atoms with Gasteiger partial charge in [-0.3, -0.25) is 9.59 Å². The van der Waals surface area contributed by atoms with Crippen molar-refractivity contribution in [3.8, 4) is 0 Å². The van der Waals surface area contributed by atoms with Gasteiger partial charge in [0.25, 0.3) is 5.91 Å². The lowest BCUT2D eigenvalue weighted by molar-refractivity contribution is -0.120. The normalized spacial score (nSPS) is 12.1. The second-order valence-corrected chi connectivity index (χ2v) is 8.51. The van der Waals surface area contributed by atoms with Crippen LogP contribution < -0.4 is 10.6 Å². The topological polar surface area (TPSA) is 84.5 Å². The van der Waals surface area contributed by atoms with Gasteiger partial charge in [-0.05, 0) is 58.4 Å². The molecule has 0 aliphatic rings. The summed E-state index contributed by atoms with van der Waals surface area (Å²) in [4.78, 5) is 37.4. The molecule has 0 aliphatic carbocycles. The van der Waals surface area contributed by atoms with E-state index in [1.54, 1.807) is 58.0 Å². The predicted octanol–water partition coefficient (Wildman–Crippen LogP) is 4.93. The number of Topliss-reactive ketones (excluding diaryl/α,β-unsaturated/α-hetero) is 1. The van der Waals surface area contributed by atoms with Crippen LogP contribution >= 0.6 is 11.6 Å². The van der Waals surface area contributed by atoms with E-state index in [0.717, 1.165) is 5.56 Å². The quantitative estimate of drug-likeness (QED) is 0.680. The van der Waals surface area contributed by atoms with E-state index in [9.17, 15) is 14.4 Å². The van der Waals surface area contributed by atoms with Crippen molar-refractivity contribution in [3.05, 3.63) is 64.2 Å². The first-order valence-electron chi connectivity index (χ1n) is 9.64. The first-order chi connectivity index (χ1) is 14.0. The molecule has 0 bridgehead atoms. The summed E-state index contributed by atoms with van der Waals surface area (Å²) >= 11 is 6.27. The Morgan fingerprint density at radius 1 is 1.07 bits per heavy atom. The van der Waals surface area contributed by atoms with Gasteiger partial charge < -0.3 is 15.4 Å². The molecule has 160 valence electrons. The average Bonchev–Trinajstić information content (AvgIpc) is 2.61. The van der Waals surface area contributed by atoms with Gasteiger partial charge in [-0.25, -0.2) is 4.79 Å². The zero-order chi connectivity index (χ0) is 22.5. The summed E-state index contributed by atoms with van der Waals surface area (Å²) < 4.78 is 5.18. The molecule has 0 spiro atoms. The van der Waals surface area contributed by atoms with Crippen LogP contribution in [0.1, 0.15) is 49.2 Å². The van der Waals surface area contributed by atoms with Crippen LogP contribution in [0.3, 0.4) is 0 Å². The number of halogens is 1.